The molecule has 0 spiro atoms. The van der Waals surface area contributed by atoms with Crippen LogP contribution in [-0.2, 0) is 9.09 Å². The summed E-state index contributed by atoms with van der Waals surface area (Å²) in [7, 11) is -4.78. The van der Waals surface area contributed by atoms with E-state index in [1.807, 2.05) is 0 Å². The van der Waals surface area contributed by atoms with Gasteiger partial charge in [-0.05, 0) is 12.8 Å². The minimum atomic E-state index is -4.78. The summed E-state index contributed by atoms with van der Waals surface area (Å²) >= 11 is 0. The van der Waals surface area contributed by atoms with Crippen LogP contribution in [0, 0.1) is 5.92 Å². The van der Waals surface area contributed by atoms with Gasteiger partial charge in [0.05, 0.1) is 13.9 Å². The summed E-state index contributed by atoms with van der Waals surface area (Å²) in [6.07, 6.45) is -0.527. The van der Waals surface area contributed by atoms with Gasteiger partial charge in [-0.15, -0.1) is 0 Å². The Morgan fingerprint density at radius 3 is 1.80 bits per heavy atom. The molecule has 0 fully saturated rings. The van der Waals surface area contributed by atoms with E-state index in [2.05, 4.69) is 4.52 Å². The van der Waals surface area contributed by atoms with Crippen molar-refractivity contribution in [2.24, 2.45) is 5.92 Å². The highest BCUT2D eigenvalue weighted by molar-refractivity contribution is 7.43. The van der Waals surface area contributed by atoms with Gasteiger partial charge in [0.2, 0.25) is 0 Å². The maximum absolute atomic E-state index is 10.00. The average Bonchev–Trinajstić information content (AvgIpc) is 1.60. The first kappa shape index (κ1) is 10.1. The van der Waals surface area contributed by atoms with E-state index in [0.717, 1.165) is 0 Å². The summed E-state index contributed by atoms with van der Waals surface area (Å²) in [5.74, 6) is 0.0382. The molecule has 0 aliphatic heterocycles. The van der Waals surface area contributed by atoms with Gasteiger partial charge in [0.25, 0.3) is 0 Å². The molecule has 0 saturated heterocycles. The second kappa shape index (κ2) is 3.49. The largest absolute Gasteiger partial charge is 0.790 e. The van der Waals surface area contributed by atoms with Crippen molar-refractivity contribution in [1.82, 2.24) is 0 Å². The summed E-state index contributed by atoms with van der Waals surface area (Å²) < 4.78 is 14.1. The molecule has 0 rings (SSSR count). The molecule has 4 nitrogen and oxygen atoms in total. The number of hydrogen-bond acceptors (Lipinski definition) is 4. The van der Waals surface area contributed by atoms with Crippen molar-refractivity contribution >= 4 is 7.82 Å². The molecule has 0 aliphatic rings. The molecule has 0 amide bonds. The lowest BCUT2D eigenvalue weighted by Crippen LogP contribution is -2.23. The van der Waals surface area contributed by atoms with Crippen molar-refractivity contribution in [2.45, 2.75) is 26.9 Å². The summed E-state index contributed by atoms with van der Waals surface area (Å²) in [4.78, 5) is 20.0. The predicted octanol–water partition coefficient (Wildman–Crippen LogP) is -0.124. The fraction of sp³-hybridized carbons (Fsp3) is 1.00. The van der Waals surface area contributed by atoms with E-state index < -0.39 is 13.9 Å². The highest BCUT2D eigenvalue weighted by atomic mass is 31.2. The minimum Gasteiger partial charge on any atom is -0.790 e. The average molecular weight is 166 g/mol. The molecule has 0 bridgehead atoms. The zero-order valence-corrected chi connectivity index (χ0v) is 7.13. The Morgan fingerprint density at radius 1 is 1.30 bits per heavy atom. The lowest BCUT2D eigenvalue weighted by Gasteiger charge is -2.33. The van der Waals surface area contributed by atoms with Gasteiger partial charge in [-0.1, -0.05) is 13.8 Å². The summed E-state index contributed by atoms with van der Waals surface area (Å²) in [6.45, 7) is 5.10. The van der Waals surface area contributed by atoms with E-state index in [1.165, 1.54) is 0 Å². The van der Waals surface area contributed by atoms with Gasteiger partial charge in [0, 0.05) is 0 Å². The Morgan fingerprint density at radius 2 is 1.70 bits per heavy atom. The van der Waals surface area contributed by atoms with E-state index in [1.54, 1.807) is 20.8 Å². The third-order valence-corrected chi connectivity index (χ3v) is 1.82. The molecule has 0 aromatic carbocycles. The summed E-state index contributed by atoms with van der Waals surface area (Å²) in [5.41, 5.74) is 0. The van der Waals surface area contributed by atoms with Crippen LogP contribution >= 0.6 is 7.82 Å². The highest BCUT2D eigenvalue weighted by Gasteiger charge is 2.07. The van der Waals surface area contributed by atoms with Gasteiger partial charge in [0.15, 0.2) is 0 Å². The third kappa shape index (κ3) is 4.94. The Balaban J connectivity index is 3.80. The van der Waals surface area contributed by atoms with Crippen molar-refractivity contribution in [2.75, 3.05) is 0 Å². The van der Waals surface area contributed by atoms with E-state index in [9.17, 15) is 14.4 Å². The minimum absolute atomic E-state index is 0.0382. The van der Waals surface area contributed by atoms with E-state index in [0.29, 0.717) is 0 Å². The first-order valence-corrected chi connectivity index (χ1v) is 4.49. The molecule has 5 heteroatoms. The van der Waals surface area contributed by atoms with Gasteiger partial charge in [0.1, 0.15) is 0 Å². The van der Waals surface area contributed by atoms with Crippen LogP contribution in [0.5, 0.6) is 0 Å². The molecule has 62 valence electrons. The normalized spacial score (nSPS) is 15.8. The van der Waals surface area contributed by atoms with E-state index >= 15 is 0 Å². The first-order valence-electron chi connectivity index (χ1n) is 3.03. The molecule has 0 aromatic rings. The van der Waals surface area contributed by atoms with Crippen LogP contribution in [0.15, 0.2) is 0 Å². The van der Waals surface area contributed by atoms with Crippen LogP contribution in [0.2, 0.25) is 0 Å². The second-order valence-electron chi connectivity index (χ2n) is 2.50. The maximum Gasteiger partial charge on any atom is 0.0622 e. The molecule has 1 unspecified atom stereocenters. The van der Waals surface area contributed by atoms with Crippen LogP contribution in [0.4, 0.5) is 0 Å². The predicted molar refractivity (Wildman–Crippen MR) is 33.0 cm³/mol. The van der Waals surface area contributed by atoms with Crippen molar-refractivity contribution < 1.29 is 18.9 Å². The van der Waals surface area contributed by atoms with Crippen molar-refractivity contribution in [3.05, 3.63) is 0 Å². The van der Waals surface area contributed by atoms with Crippen LogP contribution in [-0.4, -0.2) is 6.10 Å². The Bertz CT molecular complexity index is 139. The lowest BCUT2D eigenvalue weighted by atomic mass is 10.1. The fourth-order valence-electron chi connectivity index (χ4n) is 0.325. The van der Waals surface area contributed by atoms with Gasteiger partial charge in [-0.2, -0.15) is 0 Å². The Hall–Kier alpha value is 0.110. The number of rotatable bonds is 3. The number of phosphoric acid groups is 1. The van der Waals surface area contributed by atoms with Crippen LogP contribution in [0.3, 0.4) is 0 Å². The van der Waals surface area contributed by atoms with Gasteiger partial charge < -0.3 is 18.9 Å². The first-order chi connectivity index (χ1) is 4.33. The Labute approximate surface area is 60.5 Å². The molecule has 1 atom stereocenters. The SMILES string of the molecule is CC(C)C(C)OP(=O)([O-])[O-]. The molecule has 0 aromatic heterocycles. The molecular weight excluding hydrogens is 155 g/mol. The molecule has 0 saturated carbocycles. The molecular formula is C5H11O4P-2. The maximum atomic E-state index is 10.00. The Kier molecular flexibility index (Phi) is 3.52. The van der Waals surface area contributed by atoms with Crippen molar-refractivity contribution in [3.8, 4) is 0 Å². The quantitative estimate of drug-likeness (QED) is 0.547. The molecule has 10 heavy (non-hydrogen) atoms. The van der Waals surface area contributed by atoms with E-state index in [4.69, 9.17) is 0 Å². The highest BCUT2D eigenvalue weighted by Crippen LogP contribution is 2.29. The summed E-state index contributed by atoms with van der Waals surface area (Å²) in [6, 6.07) is 0. The topological polar surface area (TPSA) is 72.4 Å². The van der Waals surface area contributed by atoms with Crippen molar-refractivity contribution in [1.29, 1.82) is 0 Å². The summed E-state index contributed by atoms with van der Waals surface area (Å²) in [5, 5.41) is 0. The monoisotopic (exact) mass is 166 g/mol. The van der Waals surface area contributed by atoms with Crippen molar-refractivity contribution in [3.63, 3.8) is 0 Å². The van der Waals surface area contributed by atoms with Gasteiger partial charge >= 0.3 is 0 Å². The standard InChI is InChI=1S/C5H13O4P/c1-4(2)5(3)9-10(6,7)8/h4-5H,1-3H3,(H2,6,7,8)/p-2. The number of hydrogen-bond donors (Lipinski definition) is 0. The molecule has 0 N–H and O–H groups in total. The van der Waals surface area contributed by atoms with Gasteiger partial charge in [-0.3, -0.25) is 0 Å². The third-order valence-electron chi connectivity index (χ3n) is 1.23. The smallest absolute Gasteiger partial charge is 0.0622 e. The lowest BCUT2D eigenvalue weighted by molar-refractivity contribution is -0.345. The van der Waals surface area contributed by atoms with E-state index in [-0.39, 0.29) is 5.92 Å². The molecule has 0 heterocycles. The van der Waals surface area contributed by atoms with Crippen LogP contribution in [0.25, 0.3) is 0 Å². The zero-order chi connectivity index (χ0) is 8.36. The number of phosphoric ester groups is 1. The molecule has 0 radical (unpaired) electrons. The zero-order valence-electron chi connectivity index (χ0n) is 6.23. The fourth-order valence-corrected chi connectivity index (χ4v) is 0.976. The molecule has 0 aliphatic carbocycles. The van der Waals surface area contributed by atoms with Crippen LogP contribution < -0.4 is 9.79 Å². The van der Waals surface area contributed by atoms with Gasteiger partial charge in [-0.25, -0.2) is 0 Å². The van der Waals surface area contributed by atoms with Crippen LogP contribution in [0.1, 0.15) is 20.8 Å². The second-order valence-corrected chi connectivity index (χ2v) is 3.61.